The second-order valence-corrected chi connectivity index (χ2v) is 11.2. The topological polar surface area (TPSA) is 106 Å². The molecule has 1 amide bonds. The molecular weight excluding hydrogens is 541 g/mol. The molecule has 0 aliphatic rings. The minimum atomic E-state index is -4.59. The number of ether oxygens (including phenoxy) is 2. The lowest BCUT2D eigenvalue weighted by Gasteiger charge is -2.23. The summed E-state index contributed by atoms with van der Waals surface area (Å²) in [6, 6.07) is 26.0. The van der Waals surface area contributed by atoms with E-state index in [1.807, 2.05) is 42.5 Å². The van der Waals surface area contributed by atoms with Crippen LogP contribution in [-0.2, 0) is 33.3 Å². The van der Waals surface area contributed by atoms with Crippen LogP contribution in [0.25, 0.3) is 0 Å². The second kappa shape index (κ2) is 17.6. The lowest BCUT2D eigenvalue weighted by atomic mass is 10.1. The quantitative estimate of drug-likeness (QED) is 0.125. The molecule has 8 nitrogen and oxygen atoms in total. The average Bonchev–Trinajstić information content (AvgIpc) is 2.97. The molecule has 0 unspecified atom stereocenters. The predicted molar refractivity (Wildman–Crippen MR) is 160 cm³/mol. The standard InChI is InChI=1S/C32H42NO7P/c1-38-30-19-17-29(18-20-30)26-33(23-25-40-41(35,36)37)32(34)14-8-7-13-28-15-21-31(22-16-28)39-24-9-3-6-12-27-10-4-2-5-11-27/h2,4-5,10-11,15-22H,3,6-9,12-14,23-26H2,1H3,(H2,35,36,37). The number of aryl methyl sites for hydroxylation is 2. The van der Waals surface area contributed by atoms with Crippen LogP contribution >= 0.6 is 7.82 Å². The van der Waals surface area contributed by atoms with E-state index in [0.717, 1.165) is 49.8 Å². The zero-order valence-corrected chi connectivity index (χ0v) is 24.7. The van der Waals surface area contributed by atoms with Gasteiger partial charge in [-0.05, 0) is 85.9 Å². The molecule has 0 aromatic heterocycles. The number of nitrogens with zero attached hydrogens (tertiary/aromatic N) is 1. The molecular formula is C32H42NO7P. The molecule has 0 aliphatic carbocycles. The van der Waals surface area contributed by atoms with Gasteiger partial charge in [0.15, 0.2) is 0 Å². The van der Waals surface area contributed by atoms with Gasteiger partial charge >= 0.3 is 7.82 Å². The molecule has 41 heavy (non-hydrogen) atoms. The van der Waals surface area contributed by atoms with Gasteiger partial charge in [-0.3, -0.25) is 9.32 Å². The van der Waals surface area contributed by atoms with E-state index in [1.165, 1.54) is 11.1 Å². The van der Waals surface area contributed by atoms with Gasteiger partial charge in [0, 0.05) is 19.5 Å². The number of methoxy groups -OCH3 is 1. The highest BCUT2D eigenvalue weighted by Crippen LogP contribution is 2.35. The monoisotopic (exact) mass is 583 g/mol. The summed E-state index contributed by atoms with van der Waals surface area (Å²) in [6.07, 6.45) is 7.19. The van der Waals surface area contributed by atoms with Crippen LogP contribution in [0.1, 0.15) is 55.2 Å². The first-order chi connectivity index (χ1) is 19.8. The predicted octanol–water partition coefficient (Wildman–Crippen LogP) is 6.34. The molecule has 222 valence electrons. The summed E-state index contributed by atoms with van der Waals surface area (Å²) < 4.78 is 26.7. The van der Waals surface area contributed by atoms with Gasteiger partial charge in [0.2, 0.25) is 5.91 Å². The van der Waals surface area contributed by atoms with Crippen LogP contribution in [0.3, 0.4) is 0 Å². The van der Waals surface area contributed by atoms with Crippen LogP contribution in [0.2, 0.25) is 0 Å². The molecule has 3 aromatic rings. The van der Waals surface area contributed by atoms with Gasteiger partial charge in [0.25, 0.3) is 0 Å². The van der Waals surface area contributed by atoms with Crippen molar-refractivity contribution in [3.8, 4) is 11.5 Å². The maximum atomic E-state index is 13.0. The number of phosphoric acid groups is 1. The minimum Gasteiger partial charge on any atom is -0.497 e. The maximum Gasteiger partial charge on any atom is 0.469 e. The number of hydrogen-bond acceptors (Lipinski definition) is 5. The van der Waals surface area contributed by atoms with Crippen LogP contribution in [-0.4, -0.2) is 47.5 Å². The smallest absolute Gasteiger partial charge is 0.469 e. The van der Waals surface area contributed by atoms with Crippen LogP contribution in [0.4, 0.5) is 0 Å². The third-order valence-electron chi connectivity index (χ3n) is 6.76. The summed E-state index contributed by atoms with van der Waals surface area (Å²) in [5.74, 6) is 1.51. The number of phosphoric ester groups is 1. The Kier molecular flexibility index (Phi) is 13.9. The summed E-state index contributed by atoms with van der Waals surface area (Å²) in [6.45, 7) is 0.878. The number of amides is 1. The number of hydrogen-bond donors (Lipinski definition) is 2. The molecule has 0 fully saturated rings. The van der Waals surface area contributed by atoms with Crippen molar-refractivity contribution in [2.45, 2.75) is 57.9 Å². The summed E-state index contributed by atoms with van der Waals surface area (Å²) in [5, 5.41) is 0. The zero-order chi connectivity index (χ0) is 29.3. The SMILES string of the molecule is COc1ccc(CN(CCOP(=O)(O)O)C(=O)CCCCc2ccc(OCCCCCc3ccccc3)cc2)cc1. The van der Waals surface area contributed by atoms with Gasteiger partial charge < -0.3 is 24.2 Å². The van der Waals surface area contributed by atoms with E-state index in [9.17, 15) is 9.36 Å². The summed E-state index contributed by atoms with van der Waals surface area (Å²) >= 11 is 0. The number of rotatable bonds is 19. The van der Waals surface area contributed by atoms with E-state index in [-0.39, 0.29) is 19.1 Å². The normalized spacial score (nSPS) is 11.3. The van der Waals surface area contributed by atoms with E-state index >= 15 is 0 Å². The molecule has 2 N–H and O–H groups in total. The molecule has 0 saturated heterocycles. The minimum absolute atomic E-state index is 0.0809. The van der Waals surface area contributed by atoms with Crippen molar-refractivity contribution in [2.75, 3.05) is 26.9 Å². The van der Waals surface area contributed by atoms with Crippen LogP contribution in [0.5, 0.6) is 11.5 Å². The first-order valence-corrected chi connectivity index (χ1v) is 15.7. The highest BCUT2D eigenvalue weighted by Gasteiger charge is 2.18. The Balaban J connectivity index is 1.35. The molecule has 3 aromatic carbocycles. The van der Waals surface area contributed by atoms with E-state index in [4.69, 9.17) is 19.3 Å². The fourth-order valence-electron chi connectivity index (χ4n) is 4.47. The van der Waals surface area contributed by atoms with Crippen molar-refractivity contribution >= 4 is 13.7 Å². The zero-order valence-electron chi connectivity index (χ0n) is 23.8. The Morgan fingerprint density at radius 3 is 2.00 bits per heavy atom. The van der Waals surface area contributed by atoms with Crippen molar-refractivity contribution in [1.82, 2.24) is 4.90 Å². The van der Waals surface area contributed by atoms with Crippen LogP contribution in [0, 0.1) is 0 Å². The van der Waals surface area contributed by atoms with Gasteiger partial charge in [-0.15, -0.1) is 0 Å². The van der Waals surface area contributed by atoms with Gasteiger partial charge in [0.1, 0.15) is 11.5 Å². The van der Waals surface area contributed by atoms with Gasteiger partial charge in [-0.1, -0.05) is 54.6 Å². The fraction of sp³-hybridized carbons (Fsp3) is 0.406. The first kappa shape index (κ1) is 32.4. The van der Waals surface area contributed by atoms with Gasteiger partial charge in [-0.2, -0.15) is 0 Å². The molecule has 0 heterocycles. The third-order valence-corrected chi connectivity index (χ3v) is 7.28. The molecule has 0 bridgehead atoms. The van der Waals surface area contributed by atoms with Crippen molar-refractivity contribution in [2.24, 2.45) is 0 Å². The molecule has 0 radical (unpaired) electrons. The highest BCUT2D eigenvalue weighted by atomic mass is 31.2. The summed E-state index contributed by atoms with van der Waals surface area (Å²) in [7, 11) is -3.01. The van der Waals surface area contributed by atoms with Crippen LogP contribution in [0.15, 0.2) is 78.9 Å². The first-order valence-electron chi connectivity index (χ1n) is 14.2. The Morgan fingerprint density at radius 2 is 1.34 bits per heavy atom. The molecule has 9 heteroatoms. The molecule has 0 atom stereocenters. The van der Waals surface area contributed by atoms with Crippen LogP contribution < -0.4 is 9.47 Å². The van der Waals surface area contributed by atoms with Crippen molar-refractivity contribution < 1.29 is 33.1 Å². The number of unbranched alkanes of at least 4 members (excludes halogenated alkanes) is 3. The summed E-state index contributed by atoms with van der Waals surface area (Å²) in [5.41, 5.74) is 3.47. The Bertz CT molecular complexity index is 1200. The largest absolute Gasteiger partial charge is 0.497 e. The van der Waals surface area contributed by atoms with Crippen molar-refractivity contribution in [1.29, 1.82) is 0 Å². The van der Waals surface area contributed by atoms with Gasteiger partial charge in [-0.25, -0.2) is 4.57 Å². The van der Waals surface area contributed by atoms with Crippen molar-refractivity contribution in [3.63, 3.8) is 0 Å². The second-order valence-electron chi connectivity index (χ2n) is 9.98. The molecule has 0 aliphatic heterocycles. The third kappa shape index (κ3) is 13.4. The van der Waals surface area contributed by atoms with E-state index in [1.54, 1.807) is 12.0 Å². The Morgan fingerprint density at radius 1 is 0.732 bits per heavy atom. The fourth-order valence-corrected chi connectivity index (χ4v) is 4.79. The molecule has 0 spiro atoms. The molecule has 0 saturated carbocycles. The maximum absolute atomic E-state index is 13.0. The number of benzene rings is 3. The number of carbonyl (C=O) groups is 1. The Hall–Kier alpha value is -3.16. The van der Waals surface area contributed by atoms with E-state index in [0.29, 0.717) is 31.7 Å². The van der Waals surface area contributed by atoms with E-state index in [2.05, 4.69) is 40.9 Å². The number of carbonyl (C=O) groups excluding carboxylic acids is 1. The van der Waals surface area contributed by atoms with Gasteiger partial charge in [0.05, 0.1) is 20.3 Å². The molecule has 3 rings (SSSR count). The average molecular weight is 584 g/mol. The highest BCUT2D eigenvalue weighted by molar-refractivity contribution is 7.46. The van der Waals surface area contributed by atoms with E-state index < -0.39 is 7.82 Å². The lowest BCUT2D eigenvalue weighted by Crippen LogP contribution is -2.33. The Labute approximate surface area is 243 Å². The lowest BCUT2D eigenvalue weighted by molar-refractivity contribution is -0.132. The summed E-state index contributed by atoms with van der Waals surface area (Å²) in [4.78, 5) is 32.5. The van der Waals surface area contributed by atoms with Crippen molar-refractivity contribution in [3.05, 3.63) is 95.6 Å².